The Hall–Kier alpha value is -2.88. The van der Waals surface area contributed by atoms with Gasteiger partial charge in [0, 0.05) is 48.3 Å². The van der Waals surface area contributed by atoms with Crippen LogP contribution < -0.4 is 11.1 Å². The van der Waals surface area contributed by atoms with E-state index in [0.717, 1.165) is 47.7 Å². The van der Waals surface area contributed by atoms with E-state index in [4.69, 9.17) is 20.4 Å². The highest BCUT2D eigenvalue weighted by molar-refractivity contribution is 8.02. The van der Waals surface area contributed by atoms with Crippen LogP contribution in [0.4, 0.5) is 0 Å². The molecule has 13 nitrogen and oxygen atoms in total. The van der Waals surface area contributed by atoms with Crippen LogP contribution in [0.2, 0.25) is 0 Å². The van der Waals surface area contributed by atoms with Crippen molar-refractivity contribution in [3.8, 4) is 0 Å². The Morgan fingerprint density at radius 1 is 1.33 bits per heavy atom. The van der Waals surface area contributed by atoms with Crippen molar-refractivity contribution < 1.29 is 38.3 Å². The van der Waals surface area contributed by atoms with E-state index < -0.39 is 41.8 Å². The maximum Gasteiger partial charge on any atom is 0.355 e. The Labute approximate surface area is 234 Å². The number of carboxylic acids is 1. The van der Waals surface area contributed by atoms with Gasteiger partial charge in [0.25, 0.3) is 11.8 Å². The van der Waals surface area contributed by atoms with E-state index in [1.807, 2.05) is 0 Å². The third-order valence-corrected chi connectivity index (χ3v) is 9.46. The smallest absolute Gasteiger partial charge is 0.355 e. The average Bonchev–Trinajstić information content (AvgIpc) is 3.49. The largest absolute Gasteiger partial charge is 0.479 e. The number of hydrogen-bond donors (Lipinski definition) is 3. The summed E-state index contributed by atoms with van der Waals surface area (Å²) in [7, 11) is 1.30. The standard InChI is InChI=1S/C24H32N6O7S2/c1-26-16(12-38-13-25)18(28-37-10-17(31)32)21(33)27-19-22(34)29-20(24(35)36-2)14(11-39-23(19)29)9-30-7-3-5-15(30)6-4-8-30/h12,15,19,23H,1,3-11,13,25H2,2H3,(H-,27,31,32,33)/p+1/b16-12-,28-18-/t15?,19-,23-,30?/m1/s1. The second kappa shape index (κ2) is 12.5. The molecule has 4 heterocycles. The Kier molecular flexibility index (Phi) is 9.35. The second-order valence-electron chi connectivity index (χ2n) is 9.67. The van der Waals surface area contributed by atoms with Crippen molar-refractivity contribution in [3.63, 3.8) is 0 Å². The fraction of sp³-hybridized carbons (Fsp3) is 0.583. The summed E-state index contributed by atoms with van der Waals surface area (Å²) in [5, 5.41) is 16.0. The summed E-state index contributed by atoms with van der Waals surface area (Å²) in [5.41, 5.74) is 6.33. The number of nitrogens with zero attached hydrogens (tertiary/aromatic N) is 4. The van der Waals surface area contributed by atoms with Gasteiger partial charge in [-0.3, -0.25) is 19.5 Å². The predicted molar refractivity (Wildman–Crippen MR) is 146 cm³/mol. The second-order valence-corrected chi connectivity index (χ2v) is 11.7. The van der Waals surface area contributed by atoms with Gasteiger partial charge in [0.15, 0.2) is 5.71 Å². The summed E-state index contributed by atoms with van der Waals surface area (Å²) >= 11 is 2.60. The van der Waals surface area contributed by atoms with Crippen molar-refractivity contribution in [3.05, 3.63) is 22.4 Å². The molecule has 4 rings (SSSR count). The number of aliphatic carboxylic acids is 1. The Bertz CT molecular complexity index is 1130. The Morgan fingerprint density at radius 2 is 2.05 bits per heavy atom. The Morgan fingerprint density at radius 3 is 2.67 bits per heavy atom. The molecule has 2 amide bonds. The SMILES string of the molecule is C=NC(=C\SCN)/C(=N/OCC(=O)O)C(=O)N[C@@H]1C(=O)N2C(C(=O)OC)=C(C[N+]34CCCC3CCC4)CS[C@H]12. The van der Waals surface area contributed by atoms with Crippen LogP contribution >= 0.6 is 23.5 Å². The van der Waals surface area contributed by atoms with Crippen molar-refractivity contribution in [2.75, 3.05) is 45.0 Å². The minimum absolute atomic E-state index is 0.00500. The molecule has 0 bridgehead atoms. The molecule has 0 unspecified atom stereocenters. The van der Waals surface area contributed by atoms with Gasteiger partial charge in [0.1, 0.15) is 29.4 Å². The van der Waals surface area contributed by atoms with Gasteiger partial charge in [-0.15, -0.1) is 23.5 Å². The molecule has 3 fully saturated rings. The van der Waals surface area contributed by atoms with Crippen LogP contribution in [-0.2, 0) is 28.8 Å². The monoisotopic (exact) mass is 581 g/mol. The van der Waals surface area contributed by atoms with Gasteiger partial charge in [-0.2, -0.15) is 0 Å². The van der Waals surface area contributed by atoms with E-state index in [1.165, 1.54) is 42.0 Å². The molecule has 0 radical (unpaired) electrons. The highest BCUT2D eigenvalue weighted by Gasteiger charge is 2.56. The van der Waals surface area contributed by atoms with Gasteiger partial charge in [-0.25, -0.2) is 9.59 Å². The first kappa shape index (κ1) is 29.1. The quantitative estimate of drug-likeness (QED) is 0.0723. The molecular formula is C24H33N6O7S2+. The lowest BCUT2D eigenvalue weighted by atomic mass is 10.0. The van der Waals surface area contributed by atoms with E-state index in [2.05, 4.69) is 22.2 Å². The molecule has 0 aromatic rings. The van der Waals surface area contributed by atoms with Gasteiger partial charge in [-0.05, 0) is 6.72 Å². The normalized spacial score (nSPS) is 28.4. The number of nitrogens with one attached hydrogen (secondary N) is 1. The summed E-state index contributed by atoms with van der Waals surface area (Å²) in [5.74, 6) is -2.38. The number of carbonyl (C=O) groups excluding carboxylic acids is 3. The number of hydrogen-bond acceptors (Lipinski definition) is 11. The summed E-state index contributed by atoms with van der Waals surface area (Å²) in [6.07, 6.45) is 4.70. The third-order valence-electron chi connectivity index (χ3n) is 7.54. The lowest BCUT2D eigenvalue weighted by Crippen LogP contribution is -2.71. The van der Waals surface area contributed by atoms with Gasteiger partial charge >= 0.3 is 11.9 Å². The molecule has 4 aliphatic heterocycles. The highest BCUT2D eigenvalue weighted by atomic mass is 32.2. The van der Waals surface area contributed by atoms with Crippen molar-refractivity contribution in [2.45, 2.75) is 43.1 Å². The zero-order valence-corrected chi connectivity index (χ0v) is 23.3. The number of carbonyl (C=O) groups is 4. The summed E-state index contributed by atoms with van der Waals surface area (Å²) in [6.45, 7) is 5.50. The van der Waals surface area contributed by atoms with Crippen molar-refractivity contribution >= 4 is 59.7 Å². The number of carboxylic acid groups (broad SMARTS) is 1. The molecule has 4 N–H and O–H groups in total. The number of aliphatic imine (C=N–C) groups is 1. The molecule has 0 aliphatic carbocycles. The van der Waals surface area contributed by atoms with Crippen LogP contribution in [0.5, 0.6) is 0 Å². The molecule has 3 saturated heterocycles. The number of oxime groups is 1. The van der Waals surface area contributed by atoms with Crippen molar-refractivity contribution in [2.24, 2.45) is 15.9 Å². The average molecular weight is 582 g/mol. The minimum Gasteiger partial charge on any atom is -0.479 e. The summed E-state index contributed by atoms with van der Waals surface area (Å²) in [4.78, 5) is 60.2. The van der Waals surface area contributed by atoms with Crippen molar-refractivity contribution in [1.82, 2.24) is 10.2 Å². The maximum absolute atomic E-state index is 13.3. The number of thioether (sulfide) groups is 2. The van der Waals surface area contributed by atoms with Gasteiger partial charge < -0.3 is 30.2 Å². The number of esters is 1. The molecule has 4 aliphatic rings. The minimum atomic E-state index is -1.28. The van der Waals surface area contributed by atoms with Crippen LogP contribution in [0.1, 0.15) is 25.7 Å². The fourth-order valence-corrected chi connectivity index (χ4v) is 7.65. The number of methoxy groups -OCH3 is 1. The van der Waals surface area contributed by atoms with E-state index >= 15 is 0 Å². The zero-order valence-electron chi connectivity index (χ0n) is 21.7. The highest BCUT2D eigenvalue weighted by Crippen LogP contribution is 2.44. The number of nitrogens with two attached hydrogens (primary N) is 1. The lowest BCUT2D eigenvalue weighted by molar-refractivity contribution is -0.922. The van der Waals surface area contributed by atoms with Crippen LogP contribution in [-0.4, -0.2) is 113 Å². The molecule has 0 aromatic carbocycles. The summed E-state index contributed by atoms with van der Waals surface area (Å²) < 4.78 is 6.04. The number of ether oxygens (including phenoxy) is 1. The van der Waals surface area contributed by atoms with Gasteiger partial charge in [-0.1, -0.05) is 5.16 Å². The molecule has 212 valence electrons. The van der Waals surface area contributed by atoms with Crippen molar-refractivity contribution in [1.29, 1.82) is 0 Å². The molecule has 0 spiro atoms. The van der Waals surface area contributed by atoms with Gasteiger partial charge in [0.2, 0.25) is 6.61 Å². The summed E-state index contributed by atoms with van der Waals surface area (Å²) in [6, 6.07) is -0.350. The number of β-lactam (4-membered cyclic amide) rings is 1. The molecule has 0 aromatic heterocycles. The Balaban J connectivity index is 1.54. The topological polar surface area (TPSA) is 173 Å². The molecular weight excluding hydrogens is 548 g/mol. The first-order valence-electron chi connectivity index (χ1n) is 12.6. The van der Waals surface area contributed by atoms with Crippen LogP contribution in [0, 0.1) is 0 Å². The van der Waals surface area contributed by atoms with E-state index in [0.29, 0.717) is 18.3 Å². The van der Waals surface area contributed by atoms with Crippen LogP contribution in [0.15, 0.2) is 32.5 Å². The van der Waals surface area contributed by atoms with E-state index in [9.17, 15) is 19.2 Å². The maximum atomic E-state index is 13.3. The van der Waals surface area contributed by atoms with E-state index in [1.54, 1.807) is 0 Å². The first-order valence-corrected chi connectivity index (χ1v) is 14.7. The fourth-order valence-electron chi connectivity index (χ4n) is 5.87. The number of fused-ring (bicyclic) bond motifs is 2. The molecule has 0 saturated carbocycles. The van der Waals surface area contributed by atoms with E-state index in [-0.39, 0.29) is 23.0 Å². The molecule has 2 atom stereocenters. The predicted octanol–water partition coefficient (Wildman–Crippen LogP) is 0.235. The number of rotatable bonds is 12. The molecule has 15 heteroatoms. The number of quaternary nitrogens is 1. The first-order chi connectivity index (χ1) is 18.8. The number of amides is 2. The zero-order chi connectivity index (χ0) is 28.2. The van der Waals surface area contributed by atoms with Gasteiger partial charge in [0.05, 0.1) is 26.2 Å². The van der Waals surface area contributed by atoms with Crippen LogP contribution in [0.25, 0.3) is 0 Å². The van der Waals surface area contributed by atoms with Crippen LogP contribution in [0.3, 0.4) is 0 Å². The lowest BCUT2D eigenvalue weighted by Gasteiger charge is -2.50. The third kappa shape index (κ3) is 5.85. The molecule has 39 heavy (non-hydrogen) atoms.